The van der Waals surface area contributed by atoms with Crippen molar-refractivity contribution in [2.45, 2.75) is 0 Å². The van der Waals surface area contributed by atoms with Crippen LogP contribution in [0.25, 0.3) is 6.08 Å². The molecule has 0 saturated carbocycles. The Morgan fingerprint density at radius 1 is 1.32 bits per heavy atom. The summed E-state index contributed by atoms with van der Waals surface area (Å²) in [5.41, 5.74) is 0.845. The molecule has 126 valence electrons. The standard InChI is InChI=1S/C18H13ClN2O4/c1-23-15-5-3-2-4-14(15)21-18(22)12(9-20)6-11-7-16-17(8-13(11)19)25-10-24-16/h2-8H,10H2,1H3,(H,21,22). The van der Waals surface area contributed by atoms with Crippen molar-refractivity contribution in [1.82, 2.24) is 0 Å². The van der Waals surface area contributed by atoms with Crippen molar-refractivity contribution in [1.29, 1.82) is 5.26 Å². The van der Waals surface area contributed by atoms with E-state index in [2.05, 4.69) is 5.32 Å². The zero-order valence-electron chi connectivity index (χ0n) is 13.2. The van der Waals surface area contributed by atoms with Gasteiger partial charge in [-0.1, -0.05) is 23.7 Å². The Bertz CT molecular complexity index is 902. The Morgan fingerprint density at radius 2 is 2.04 bits per heavy atom. The first-order valence-electron chi connectivity index (χ1n) is 7.27. The van der Waals surface area contributed by atoms with Gasteiger partial charge in [0.15, 0.2) is 11.5 Å². The minimum absolute atomic E-state index is 0.105. The van der Waals surface area contributed by atoms with Crippen molar-refractivity contribution in [2.75, 3.05) is 19.2 Å². The van der Waals surface area contributed by atoms with E-state index in [0.29, 0.717) is 33.5 Å². The second-order valence-electron chi connectivity index (χ2n) is 5.05. The number of hydrogen-bond donors (Lipinski definition) is 1. The molecule has 25 heavy (non-hydrogen) atoms. The molecular weight excluding hydrogens is 344 g/mol. The number of rotatable bonds is 4. The fourth-order valence-corrected chi connectivity index (χ4v) is 2.49. The van der Waals surface area contributed by atoms with Gasteiger partial charge in [-0.15, -0.1) is 0 Å². The van der Waals surface area contributed by atoms with Gasteiger partial charge in [-0.3, -0.25) is 4.79 Å². The summed E-state index contributed by atoms with van der Waals surface area (Å²) in [6.45, 7) is 0.109. The molecule has 0 radical (unpaired) electrons. The average molecular weight is 357 g/mol. The number of carbonyl (C=O) groups is 1. The van der Waals surface area contributed by atoms with Crippen LogP contribution < -0.4 is 19.5 Å². The lowest BCUT2D eigenvalue weighted by molar-refractivity contribution is -0.112. The second-order valence-corrected chi connectivity index (χ2v) is 5.46. The van der Waals surface area contributed by atoms with Gasteiger partial charge in [0.25, 0.3) is 5.91 Å². The highest BCUT2D eigenvalue weighted by Gasteiger charge is 2.18. The molecule has 0 saturated heterocycles. The molecule has 2 aromatic carbocycles. The molecule has 0 bridgehead atoms. The van der Waals surface area contributed by atoms with Gasteiger partial charge in [0.05, 0.1) is 17.8 Å². The molecular formula is C18H13ClN2O4. The van der Waals surface area contributed by atoms with Crippen molar-refractivity contribution in [3.05, 3.63) is 52.6 Å². The van der Waals surface area contributed by atoms with E-state index >= 15 is 0 Å². The monoisotopic (exact) mass is 356 g/mol. The number of halogens is 1. The van der Waals surface area contributed by atoms with E-state index in [-0.39, 0.29) is 12.4 Å². The smallest absolute Gasteiger partial charge is 0.266 e. The number of ether oxygens (including phenoxy) is 3. The van der Waals surface area contributed by atoms with Crippen LogP contribution in [0.2, 0.25) is 5.02 Å². The fourth-order valence-electron chi connectivity index (χ4n) is 2.29. The average Bonchev–Trinajstić information content (AvgIpc) is 3.06. The van der Waals surface area contributed by atoms with Crippen molar-refractivity contribution < 1.29 is 19.0 Å². The highest BCUT2D eigenvalue weighted by Crippen LogP contribution is 2.37. The molecule has 7 heteroatoms. The lowest BCUT2D eigenvalue weighted by Gasteiger charge is -2.09. The molecule has 6 nitrogen and oxygen atoms in total. The summed E-state index contributed by atoms with van der Waals surface area (Å²) >= 11 is 6.18. The largest absolute Gasteiger partial charge is 0.495 e. The number of nitrogens with zero attached hydrogens (tertiary/aromatic N) is 1. The van der Waals surface area contributed by atoms with Crippen molar-refractivity contribution in [3.8, 4) is 23.3 Å². The van der Waals surface area contributed by atoms with Gasteiger partial charge in [-0.2, -0.15) is 5.26 Å². The molecule has 0 unspecified atom stereocenters. The number of carbonyl (C=O) groups excluding carboxylic acids is 1. The summed E-state index contributed by atoms with van der Waals surface area (Å²) in [6, 6.07) is 12.0. The molecule has 1 N–H and O–H groups in total. The summed E-state index contributed by atoms with van der Waals surface area (Å²) in [5, 5.41) is 12.3. The second kappa shape index (κ2) is 7.16. The quantitative estimate of drug-likeness (QED) is 0.668. The normalized spacial score (nSPS) is 12.4. The number of nitrogens with one attached hydrogen (secondary N) is 1. The Balaban J connectivity index is 1.88. The minimum atomic E-state index is -0.569. The number of nitriles is 1. The highest BCUT2D eigenvalue weighted by molar-refractivity contribution is 6.32. The lowest BCUT2D eigenvalue weighted by Crippen LogP contribution is -2.14. The van der Waals surface area contributed by atoms with Crippen molar-refractivity contribution in [2.24, 2.45) is 0 Å². The number of fused-ring (bicyclic) bond motifs is 1. The molecule has 0 aliphatic carbocycles. The maximum Gasteiger partial charge on any atom is 0.266 e. The molecule has 1 aliphatic heterocycles. The Labute approximate surface area is 149 Å². The van der Waals surface area contributed by atoms with Gasteiger partial charge < -0.3 is 19.5 Å². The van der Waals surface area contributed by atoms with E-state index in [1.807, 2.05) is 6.07 Å². The molecule has 3 rings (SSSR count). The number of hydrogen-bond acceptors (Lipinski definition) is 5. The molecule has 1 amide bonds. The number of para-hydroxylation sites is 2. The molecule has 2 aromatic rings. The third-order valence-corrected chi connectivity index (χ3v) is 3.84. The summed E-state index contributed by atoms with van der Waals surface area (Å²) in [4.78, 5) is 12.4. The van der Waals surface area contributed by atoms with Crippen molar-refractivity contribution in [3.63, 3.8) is 0 Å². The molecule has 0 fully saturated rings. The van der Waals surface area contributed by atoms with Crippen LogP contribution in [0.4, 0.5) is 5.69 Å². The van der Waals surface area contributed by atoms with Gasteiger partial charge in [0, 0.05) is 6.07 Å². The highest BCUT2D eigenvalue weighted by atomic mass is 35.5. The third kappa shape index (κ3) is 3.52. The fraction of sp³-hybridized carbons (Fsp3) is 0.111. The Hall–Kier alpha value is -3.17. The summed E-state index contributed by atoms with van der Waals surface area (Å²) in [7, 11) is 1.50. The van der Waals surface area contributed by atoms with Crippen LogP contribution >= 0.6 is 11.6 Å². The van der Waals surface area contributed by atoms with Gasteiger partial charge in [0.2, 0.25) is 6.79 Å². The number of amides is 1. The predicted molar refractivity (Wildman–Crippen MR) is 92.8 cm³/mol. The van der Waals surface area contributed by atoms with Crippen LogP contribution in [0, 0.1) is 11.3 Å². The van der Waals surface area contributed by atoms with E-state index in [1.165, 1.54) is 13.2 Å². The Morgan fingerprint density at radius 3 is 2.76 bits per heavy atom. The van der Waals surface area contributed by atoms with Crippen LogP contribution in [0.3, 0.4) is 0 Å². The number of anilines is 1. The van der Waals surface area contributed by atoms with Gasteiger partial charge >= 0.3 is 0 Å². The number of benzene rings is 2. The van der Waals surface area contributed by atoms with E-state index in [0.717, 1.165) is 0 Å². The maximum absolute atomic E-state index is 12.4. The third-order valence-electron chi connectivity index (χ3n) is 3.51. The van der Waals surface area contributed by atoms with E-state index in [9.17, 15) is 10.1 Å². The minimum Gasteiger partial charge on any atom is -0.495 e. The van der Waals surface area contributed by atoms with Crippen LogP contribution in [-0.2, 0) is 4.79 Å². The maximum atomic E-state index is 12.4. The van der Waals surface area contributed by atoms with Crippen LogP contribution in [0.5, 0.6) is 17.2 Å². The van der Waals surface area contributed by atoms with E-state index in [1.54, 1.807) is 36.4 Å². The summed E-state index contributed by atoms with van der Waals surface area (Å²) < 4.78 is 15.7. The summed E-state index contributed by atoms with van der Waals surface area (Å²) in [5.74, 6) is 0.965. The van der Waals surface area contributed by atoms with E-state index in [4.69, 9.17) is 25.8 Å². The topological polar surface area (TPSA) is 80.6 Å². The first-order chi connectivity index (χ1) is 12.1. The molecule has 0 spiro atoms. The number of methoxy groups -OCH3 is 1. The predicted octanol–water partition coefficient (Wildman–Crippen LogP) is 3.62. The van der Waals surface area contributed by atoms with Crippen LogP contribution in [0.15, 0.2) is 42.0 Å². The molecule has 1 aliphatic rings. The molecule has 0 atom stereocenters. The van der Waals surface area contributed by atoms with Gasteiger partial charge in [0.1, 0.15) is 17.4 Å². The first-order valence-corrected chi connectivity index (χ1v) is 7.65. The van der Waals surface area contributed by atoms with Crippen LogP contribution in [-0.4, -0.2) is 19.8 Å². The zero-order valence-corrected chi connectivity index (χ0v) is 14.0. The molecule has 0 aromatic heterocycles. The SMILES string of the molecule is COc1ccccc1NC(=O)C(C#N)=Cc1cc2c(cc1Cl)OCO2. The molecule has 1 heterocycles. The summed E-state index contributed by atoms with van der Waals surface area (Å²) in [6.07, 6.45) is 1.40. The first kappa shape index (κ1) is 16.7. The Kier molecular flexibility index (Phi) is 4.78. The zero-order chi connectivity index (χ0) is 17.8. The van der Waals surface area contributed by atoms with E-state index < -0.39 is 5.91 Å². The lowest BCUT2D eigenvalue weighted by atomic mass is 10.1. The van der Waals surface area contributed by atoms with Gasteiger partial charge in [-0.05, 0) is 29.8 Å². The van der Waals surface area contributed by atoms with Crippen molar-refractivity contribution >= 4 is 29.3 Å². The van der Waals surface area contributed by atoms with Gasteiger partial charge in [-0.25, -0.2) is 0 Å². The van der Waals surface area contributed by atoms with Crippen LogP contribution in [0.1, 0.15) is 5.56 Å².